The molecule has 6 nitrogen and oxygen atoms in total. The normalized spacial score (nSPS) is 11.6. The number of hydrogen-bond acceptors (Lipinski definition) is 5. The second-order valence-electron chi connectivity index (χ2n) is 4.45. The minimum atomic E-state index is -3.99. The quantitative estimate of drug-likeness (QED) is 0.846. The first-order chi connectivity index (χ1) is 9.22. The number of anilines is 2. The molecule has 0 spiro atoms. The van der Waals surface area contributed by atoms with Crippen molar-refractivity contribution in [1.82, 2.24) is 5.16 Å². The largest absolute Gasteiger partial charge is 0.398 e. The lowest BCUT2D eigenvalue weighted by Crippen LogP contribution is -2.14. The summed E-state index contributed by atoms with van der Waals surface area (Å²) >= 11 is 0. The Labute approximate surface area is 115 Å². The van der Waals surface area contributed by atoms with Crippen molar-refractivity contribution >= 4 is 21.6 Å². The third-order valence-corrected chi connectivity index (χ3v) is 4.36. The van der Waals surface area contributed by atoms with Gasteiger partial charge in [-0.2, -0.15) is 0 Å². The Kier molecular flexibility index (Phi) is 3.43. The lowest BCUT2D eigenvalue weighted by atomic mass is 10.2. The van der Waals surface area contributed by atoms with Crippen molar-refractivity contribution < 1.29 is 17.3 Å². The molecular weight excluding hydrogens is 285 g/mol. The molecule has 0 aliphatic rings. The molecule has 8 heteroatoms. The number of halogens is 1. The predicted molar refractivity (Wildman–Crippen MR) is 72.3 cm³/mol. The Hall–Kier alpha value is -2.09. The van der Waals surface area contributed by atoms with Gasteiger partial charge in [-0.1, -0.05) is 5.16 Å². The van der Waals surface area contributed by atoms with Crippen LogP contribution in [0.1, 0.15) is 16.8 Å². The van der Waals surface area contributed by atoms with Crippen LogP contribution in [0, 0.1) is 26.6 Å². The van der Waals surface area contributed by atoms with Crippen molar-refractivity contribution in [2.24, 2.45) is 0 Å². The second-order valence-corrected chi connectivity index (χ2v) is 6.13. The third kappa shape index (κ3) is 2.46. The van der Waals surface area contributed by atoms with Crippen molar-refractivity contribution in [3.63, 3.8) is 0 Å². The highest BCUT2D eigenvalue weighted by Crippen LogP contribution is 2.25. The Morgan fingerprint density at radius 2 is 1.90 bits per heavy atom. The van der Waals surface area contributed by atoms with Gasteiger partial charge in [0.15, 0.2) is 0 Å². The number of aromatic nitrogens is 1. The van der Waals surface area contributed by atoms with Gasteiger partial charge in [-0.15, -0.1) is 0 Å². The maximum absolute atomic E-state index is 13.6. The number of nitrogens with one attached hydrogen (secondary N) is 1. The number of nitrogen functional groups attached to an aromatic ring is 1. The molecule has 2 rings (SSSR count). The molecule has 0 fully saturated rings. The van der Waals surface area contributed by atoms with E-state index in [9.17, 15) is 12.8 Å². The van der Waals surface area contributed by atoms with Crippen LogP contribution < -0.4 is 10.5 Å². The van der Waals surface area contributed by atoms with E-state index in [1.165, 1.54) is 13.0 Å². The average Bonchev–Trinajstić information content (AvgIpc) is 2.67. The molecule has 1 aromatic heterocycles. The molecule has 20 heavy (non-hydrogen) atoms. The van der Waals surface area contributed by atoms with E-state index < -0.39 is 15.8 Å². The number of nitrogens with zero attached hydrogens (tertiary/aromatic N) is 1. The zero-order chi connectivity index (χ0) is 15.1. The van der Waals surface area contributed by atoms with E-state index in [4.69, 9.17) is 10.3 Å². The fourth-order valence-corrected chi connectivity index (χ4v) is 2.61. The van der Waals surface area contributed by atoms with Crippen LogP contribution in [0.4, 0.5) is 16.0 Å². The molecule has 1 heterocycles. The van der Waals surface area contributed by atoms with Gasteiger partial charge in [0.1, 0.15) is 5.82 Å². The van der Waals surface area contributed by atoms with Gasteiger partial charge < -0.3 is 10.3 Å². The lowest BCUT2D eigenvalue weighted by Gasteiger charge is -2.08. The topological polar surface area (TPSA) is 98.2 Å². The fraction of sp³-hybridized carbons (Fsp3) is 0.250. The number of sulfonamides is 1. The molecule has 1 aromatic carbocycles. The summed E-state index contributed by atoms with van der Waals surface area (Å²) in [6.45, 7) is 4.81. The number of aryl methyl sites for hydroxylation is 1. The van der Waals surface area contributed by atoms with Crippen LogP contribution in [-0.4, -0.2) is 13.6 Å². The lowest BCUT2D eigenvalue weighted by molar-refractivity contribution is 0.430. The summed E-state index contributed by atoms with van der Waals surface area (Å²) in [5, 5.41) is 3.64. The zero-order valence-corrected chi connectivity index (χ0v) is 12.0. The number of nitrogens with two attached hydrogens (primary N) is 1. The zero-order valence-electron chi connectivity index (χ0n) is 11.2. The van der Waals surface area contributed by atoms with E-state index >= 15 is 0 Å². The molecule has 0 bridgehead atoms. The molecule has 0 atom stereocenters. The molecule has 0 saturated carbocycles. The van der Waals surface area contributed by atoms with Gasteiger partial charge in [-0.05, 0) is 32.9 Å². The van der Waals surface area contributed by atoms with Crippen molar-refractivity contribution in [3.05, 3.63) is 34.8 Å². The van der Waals surface area contributed by atoms with Crippen LogP contribution in [-0.2, 0) is 10.0 Å². The second kappa shape index (κ2) is 4.78. The van der Waals surface area contributed by atoms with Crippen molar-refractivity contribution in [3.8, 4) is 0 Å². The monoisotopic (exact) mass is 299 g/mol. The van der Waals surface area contributed by atoms with Crippen LogP contribution in [0.5, 0.6) is 0 Å². The highest BCUT2D eigenvalue weighted by molar-refractivity contribution is 7.92. The molecule has 0 amide bonds. The Bertz CT molecular complexity index is 745. The Morgan fingerprint density at radius 1 is 1.25 bits per heavy atom. The SMILES string of the molecule is Cc1noc(NS(=O)(=O)c2cc(N)c(C)c(F)c2)c1C. The molecule has 2 aromatic rings. The summed E-state index contributed by atoms with van der Waals surface area (Å²) in [4.78, 5) is -0.272. The maximum Gasteiger partial charge on any atom is 0.264 e. The van der Waals surface area contributed by atoms with Gasteiger partial charge in [0, 0.05) is 16.8 Å². The summed E-state index contributed by atoms with van der Waals surface area (Å²) in [6.07, 6.45) is 0. The van der Waals surface area contributed by atoms with Crippen LogP contribution in [0.25, 0.3) is 0 Å². The van der Waals surface area contributed by atoms with Crippen LogP contribution in [0.3, 0.4) is 0 Å². The minimum absolute atomic E-state index is 0.00190. The smallest absolute Gasteiger partial charge is 0.264 e. The van der Waals surface area contributed by atoms with E-state index in [2.05, 4.69) is 9.88 Å². The van der Waals surface area contributed by atoms with Gasteiger partial charge in [0.05, 0.1) is 10.6 Å². The summed E-state index contributed by atoms with van der Waals surface area (Å²) in [5.41, 5.74) is 6.98. The first-order valence-corrected chi connectivity index (χ1v) is 7.22. The van der Waals surface area contributed by atoms with E-state index in [-0.39, 0.29) is 22.0 Å². The summed E-state index contributed by atoms with van der Waals surface area (Å²) in [6, 6.07) is 2.10. The first kappa shape index (κ1) is 14.3. The number of hydrogen-bond donors (Lipinski definition) is 2. The van der Waals surface area contributed by atoms with E-state index in [0.717, 1.165) is 6.07 Å². The summed E-state index contributed by atoms with van der Waals surface area (Å²) < 4.78 is 45.0. The minimum Gasteiger partial charge on any atom is -0.398 e. The maximum atomic E-state index is 13.6. The fourth-order valence-electron chi connectivity index (χ4n) is 1.52. The molecule has 0 aliphatic heterocycles. The van der Waals surface area contributed by atoms with Gasteiger partial charge in [-0.3, -0.25) is 0 Å². The van der Waals surface area contributed by atoms with Crippen molar-refractivity contribution in [1.29, 1.82) is 0 Å². The standard InChI is InChI=1S/C12H14FN3O3S/c1-6-8(3)15-19-12(6)16-20(17,18)9-4-10(13)7(2)11(14)5-9/h4-5,16H,14H2,1-3H3. The van der Waals surface area contributed by atoms with Gasteiger partial charge in [0.2, 0.25) is 5.88 Å². The first-order valence-electron chi connectivity index (χ1n) is 5.73. The summed E-state index contributed by atoms with van der Waals surface area (Å²) in [5.74, 6) is -0.682. The third-order valence-electron chi connectivity index (χ3n) is 3.05. The Balaban J connectivity index is 2.43. The number of benzene rings is 1. The molecule has 0 radical (unpaired) electrons. The van der Waals surface area contributed by atoms with Crippen LogP contribution in [0.15, 0.2) is 21.6 Å². The average molecular weight is 299 g/mol. The van der Waals surface area contributed by atoms with Crippen LogP contribution >= 0.6 is 0 Å². The van der Waals surface area contributed by atoms with Crippen molar-refractivity contribution in [2.75, 3.05) is 10.5 Å². The Morgan fingerprint density at radius 3 is 2.40 bits per heavy atom. The van der Waals surface area contributed by atoms with Crippen molar-refractivity contribution in [2.45, 2.75) is 25.7 Å². The molecule has 3 N–H and O–H groups in total. The van der Waals surface area contributed by atoms with Gasteiger partial charge in [-0.25, -0.2) is 17.5 Å². The summed E-state index contributed by atoms with van der Waals surface area (Å²) in [7, 11) is -3.99. The molecule has 0 unspecified atom stereocenters. The van der Waals surface area contributed by atoms with Gasteiger partial charge in [0.25, 0.3) is 10.0 Å². The number of rotatable bonds is 3. The highest BCUT2D eigenvalue weighted by atomic mass is 32.2. The molecular formula is C12H14FN3O3S. The molecule has 0 aliphatic carbocycles. The molecule has 108 valence electrons. The molecule has 0 saturated heterocycles. The predicted octanol–water partition coefficient (Wildman–Crippen LogP) is 2.12. The van der Waals surface area contributed by atoms with Gasteiger partial charge >= 0.3 is 0 Å². The van der Waals surface area contributed by atoms with E-state index in [1.54, 1.807) is 13.8 Å². The van der Waals surface area contributed by atoms with E-state index in [1.807, 2.05) is 0 Å². The van der Waals surface area contributed by atoms with E-state index in [0.29, 0.717) is 11.3 Å². The highest BCUT2D eigenvalue weighted by Gasteiger charge is 2.21. The van der Waals surface area contributed by atoms with Crippen LogP contribution in [0.2, 0.25) is 0 Å².